The van der Waals surface area contributed by atoms with Crippen LogP contribution < -0.4 is 20.9 Å². The van der Waals surface area contributed by atoms with Gasteiger partial charge in [-0.05, 0) is 18.6 Å². The largest absolute Gasteiger partial charge is 0.378 e. The zero-order chi connectivity index (χ0) is 20.9. The Balaban J connectivity index is 1.69. The van der Waals surface area contributed by atoms with Gasteiger partial charge >= 0.3 is 0 Å². The van der Waals surface area contributed by atoms with E-state index < -0.39 is 0 Å². The van der Waals surface area contributed by atoms with Crippen LogP contribution in [-0.2, 0) is 14.3 Å². The number of aryl methyl sites for hydroxylation is 1. The minimum Gasteiger partial charge on any atom is -0.378 e. The van der Waals surface area contributed by atoms with Crippen LogP contribution in [-0.4, -0.2) is 80.0 Å². The van der Waals surface area contributed by atoms with Crippen molar-refractivity contribution >= 4 is 23.5 Å². The molecule has 1 amide bonds. The van der Waals surface area contributed by atoms with Gasteiger partial charge < -0.3 is 30.3 Å². The van der Waals surface area contributed by atoms with Gasteiger partial charge in [0.05, 0.1) is 38.7 Å². The number of nitrogens with zero attached hydrogens (tertiary/aromatic N) is 5. The number of carbonyl (C=O) groups is 1. The van der Waals surface area contributed by atoms with E-state index in [0.29, 0.717) is 38.2 Å². The van der Waals surface area contributed by atoms with E-state index in [9.17, 15) is 4.79 Å². The van der Waals surface area contributed by atoms with Crippen molar-refractivity contribution in [1.82, 2.24) is 15.0 Å². The highest BCUT2D eigenvalue weighted by Gasteiger charge is 2.20. The quantitative estimate of drug-likeness (QED) is 0.719. The predicted molar refractivity (Wildman–Crippen MR) is 114 cm³/mol. The summed E-state index contributed by atoms with van der Waals surface area (Å²) in [5.74, 6) is 1.77. The molecule has 10 heteroatoms. The standard InChI is InChI=1S/C20H27N7O3/c1-14-10-17(24-19(28)12-21)22-13-15(14)16-11-18(26-2-6-29-7-3-26)25-20(23-16)27-4-8-30-9-5-27/h10-11,13H,2-9,12,21H2,1H3,(H,22,24,28). The van der Waals surface area contributed by atoms with Gasteiger partial charge in [0.15, 0.2) is 0 Å². The average molecular weight is 413 g/mol. The first-order valence-corrected chi connectivity index (χ1v) is 10.2. The predicted octanol–water partition coefficient (Wildman–Crippen LogP) is 0.417. The first-order valence-electron chi connectivity index (χ1n) is 10.2. The zero-order valence-corrected chi connectivity index (χ0v) is 17.1. The van der Waals surface area contributed by atoms with Gasteiger partial charge in [0.2, 0.25) is 11.9 Å². The number of carbonyl (C=O) groups excluding carboxylic acids is 1. The van der Waals surface area contributed by atoms with E-state index in [2.05, 4.69) is 20.1 Å². The molecule has 0 atom stereocenters. The summed E-state index contributed by atoms with van der Waals surface area (Å²) in [7, 11) is 0. The van der Waals surface area contributed by atoms with Crippen molar-refractivity contribution in [3.05, 3.63) is 23.9 Å². The number of amides is 1. The molecule has 2 fully saturated rings. The summed E-state index contributed by atoms with van der Waals surface area (Å²) in [4.78, 5) is 30.0. The number of aromatic nitrogens is 3. The van der Waals surface area contributed by atoms with Crippen molar-refractivity contribution in [2.75, 3.05) is 74.3 Å². The first kappa shape index (κ1) is 20.5. The number of morpholine rings is 2. The molecule has 2 aliphatic heterocycles. The molecule has 3 N–H and O–H groups in total. The molecule has 2 saturated heterocycles. The molecule has 160 valence electrons. The van der Waals surface area contributed by atoms with Crippen LogP contribution in [0.2, 0.25) is 0 Å². The molecule has 4 rings (SSSR count). The van der Waals surface area contributed by atoms with Crippen molar-refractivity contribution in [3.8, 4) is 11.3 Å². The Hall–Kier alpha value is -2.82. The SMILES string of the molecule is Cc1cc(NC(=O)CN)ncc1-c1cc(N2CCOCC2)nc(N2CCOCC2)n1. The van der Waals surface area contributed by atoms with E-state index in [1.807, 2.05) is 19.1 Å². The van der Waals surface area contributed by atoms with E-state index in [1.165, 1.54) is 0 Å². The Kier molecular flexibility index (Phi) is 6.36. The van der Waals surface area contributed by atoms with Crippen molar-refractivity contribution in [2.45, 2.75) is 6.92 Å². The monoisotopic (exact) mass is 413 g/mol. The molecule has 2 aromatic heterocycles. The minimum atomic E-state index is -0.277. The van der Waals surface area contributed by atoms with Gasteiger partial charge in [0.1, 0.15) is 11.6 Å². The highest BCUT2D eigenvalue weighted by atomic mass is 16.5. The highest BCUT2D eigenvalue weighted by Crippen LogP contribution is 2.28. The second kappa shape index (κ2) is 9.33. The molecule has 30 heavy (non-hydrogen) atoms. The summed E-state index contributed by atoms with van der Waals surface area (Å²) in [6.45, 7) is 7.68. The molecule has 0 aromatic carbocycles. The van der Waals surface area contributed by atoms with Crippen LogP contribution in [0.1, 0.15) is 5.56 Å². The molecule has 10 nitrogen and oxygen atoms in total. The Bertz CT molecular complexity index is 860. The number of hydrogen-bond donors (Lipinski definition) is 2. The van der Waals surface area contributed by atoms with Crippen LogP contribution in [0.15, 0.2) is 18.3 Å². The molecule has 0 aliphatic carbocycles. The molecular weight excluding hydrogens is 386 g/mol. The van der Waals surface area contributed by atoms with Crippen LogP contribution in [0, 0.1) is 6.92 Å². The topological polar surface area (TPSA) is 119 Å². The molecule has 0 spiro atoms. The fourth-order valence-electron chi connectivity index (χ4n) is 3.51. The number of anilines is 3. The van der Waals surface area contributed by atoms with Gasteiger partial charge in [-0.15, -0.1) is 0 Å². The van der Waals surface area contributed by atoms with Gasteiger partial charge in [-0.2, -0.15) is 4.98 Å². The summed E-state index contributed by atoms with van der Waals surface area (Å²) in [6, 6.07) is 3.82. The molecule has 4 heterocycles. The van der Waals surface area contributed by atoms with E-state index in [0.717, 1.165) is 48.8 Å². The van der Waals surface area contributed by atoms with Gasteiger partial charge in [0, 0.05) is 44.0 Å². The molecule has 0 unspecified atom stereocenters. The Labute approximate surface area is 175 Å². The molecule has 0 radical (unpaired) electrons. The smallest absolute Gasteiger partial charge is 0.239 e. The Morgan fingerprint density at radius 2 is 1.73 bits per heavy atom. The molecule has 2 aromatic rings. The van der Waals surface area contributed by atoms with Crippen molar-refractivity contribution in [1.29, 1.82) is 0 Å². The minimum absolute atomic E-state index is 0.0831. The molecule has 2 aliphatic rings. The van der Waals surface area contributed by atoms with E-state index >= 15 is 0 Å². The van der Waals surface area contributed by atoms with Crippen LogP contribution in [0.4, 0.5) is 17.6 Å². The third-order valence-corrected chi connectivity index (χ3v) is 5.17. The Morgan fingerprint density at radius 1 is 1.07 bits per heavy atom. The lowest BCUT2D eigenvalue weighted by molar-refractivity contribution is -0.114. The van der Waals surface area contributed by atoms with E-state index in [4.69, 9.17) is 25.2 Å². The summed E-state index contributed by atoms with van der Waals surface area (Å²) < 4.78 is 11.0. The highest BCUT2D eigenvalue weighted by molar-refractivity contribution is 5.91. The molecular formula is C20H27N7O3. The summed E-state index contributed by atoms with van der Waals surface area (Å²) >= 11 is 0. The number of rotatable bonds is 5. The summed E-state index contributed by atoms with van der Waals surface area (Å²) in [5, 5.41) is 2.69. The normalized spacial score (nSPS) is 17.1. The summed E-state index contributed by atoms with van der Waals surface area (Å²) in [6.07, 6.45) is 1.73. The zero-order valence-electron chi connectivity index (χ0n) is 17.1. The van der Waals surface area contributed by atoms with Gasteiger partial charge in [-0.1, -0.05) is 0 Å². The van der Waals surface area contributed by atoms with Crippen LogP contribution >= 0.6 is 0 Å². The fraction of sp³-hybridized carbons (Fsp3) is 0.500. The maximum absolute atomic E-state index is 11.6. The van der Waals surface area contributed by atoms with Crippen molar-refractivity contribution in [3.63, 3.8) is 0 Å². The third kappa shape index (κ3) is 4.66. The molecule has 0 bridgehead atoms. The van der Waals surface area contributed by atoms with E-state index in [1.54, 1.807) is 6.20 Å². The van der Waals surface area contributed by atoms with E-state index in [-0.39, 0.29) is 12.5 Å². The number of nitrogens with two attached hydrogens (primary N) is 1. The van der Waals surface area contributed by atoms with Gasteiger partial charge in [-0.25, -0.2) is 9.97 Å². The average Bonchev–Trinajstić information content (AvgIpc) is 2.80. The van der Waals surface area contributed by atoms with Crippen LogP contribution in [0.5, 0.6) is 0 Å². The number of nitrogens with one attached hydrogen (secondary N) is 1. The molecule has 0 saturated carbocycles. The fourth-order valence-corrected chi connectivity index (χ4v) is 3.51. The second-order valence-electron chi connectivity index (χ2n) is 7.25. The maximum atomic E-state index is 11.6. The van der Waals surface area contributed by atoms with Crippen LogP contribution in [0.3, 0.4) is 0 Å². The van der Waals surface area contributed by atoms with Gasteiger partial charge in [-0.3, -0.25) is 4.79 Å². The van der Waals surface area contributed by atoms with Crippen LogP contribution in [0.25, 0.3) is 11.3 Å². The number of ether oxygens (including phenoxy) is 2. The number of pyridine rings is 1. The number of hydrogen-bond acceptors (Lipinski definition) is 9. The Morgan fingerprint density at radius 3 is 2.37 bits per heavy atom. The van der Waals surface area contributed by atoms with Crippen molar-refractivity contribution in [2.24, 2.45) is 5.73 Å². The first-order chi connectivity index (χ1) is 14.6. The lowest BCUT2D eigenvalue weighted by Crippen LogP contribution is -2.39. The van der Waals surface area contributed by atoms with Gasteiger partial charge in [0.25, 0.3) is 0 Å². The maximum Gasteiger partial charge on any atom is 0.239 e. The lowest BCUT2D eigenvalue weighted by atomic mass is 10.1. The lowest BCUT2D eigenvalue weighted by Gasteiger charge is -2.31. The third-order valence-electron chi connectivity index (χ3n) is 5.17. The second-order valence-corrected chi connectivity index (χ2v) is 7.25. The van der Waals surface area contributed by atoms with Crippen molar-refractivity contribution < 1.29 is 14.3 Å². The summed E-state index contributed by atoms with van der Waals surface area (Å²) in [5.41, 5.74) is 8.02.